The lowest BCUT2D eigenvalue weighted by Crippen LogP contribution is -2.25. The number of rotatable bonds is 6. The fraction of sp³-hybridized carbons (Fsp3) is 0.750. The second-order valence-electron chi connectivity index (χ2n) is 3.12. The smallest absolute Gasteiger partial charge is 0.393 e. The lowest BCUT2D eigenvalue weighted by molar-refractivity contribution is -0.0523. The first-order chi connectivity index (χ1) is 7.10. The molecule has 0 spiro atoms. The minimum Gasteiger partial charge on any atom is -0.393 e. The third kappa shape index (κ3) is 4.84. The Morgan fingerprint density at radius 3 is 2.38 bits per heavy atom. The van der Waals surface area contributed by atoms with E-state index in [1.807, 2.05) is 0 Å². The van der Waals surface area contributed by atoms with Gasteiger partial charge in [-0.25, -0.2) is 0 Å². The number of allylic oxidation sites excluding steroid dienone is 1. The quantitative estimate of drug-likeness (QED) is 0.451. The number of halogens is 3. The van der Waals surface area contributed by atoms with Crippen molar-refractivity contribution in [2.75, 3.05) is 0 Å². The molecule has 0 aliphatic rings. The zero-order valence-corrected chi connectivity index (χ0v) is 9.44. The van der Waals surface area contributed by atoms with Gasteiger partial charge in [-0.2, -0.15) is 21.6 Å². The number of aliphatic hydroxyl groups is 1. The fourth-order valence-corrected chi connectivity index (χ4v) is 1.26. The second kappa shape index (κ2) is 5.53. The maximum Gasteiger partial charge on any atom is 0.534 e. The van der Waals surface area contributed by atoms with Gasteiger partial charge in [0.05, 0.1) is 6.10 Å². The Balaban J connectivity index is 4.27. The Hall–Kier alpha value is -0.760. The summed E-state index contributed by atoms with van der Waals surface area (Å²) in [6, 6.07) is 0. The second-order valence-corrected chi connectivity index (χ2v) is 4.66. The molecule has 0 rings (SSSR count). The van der Waals surface area contributed by atoms with Crippen LogP contribution in [0.3, 0.4) is 0 Å². The van der Waals surface area contributed by atoms with E-state index in [2.05, 4.69) is 10.8 Å². The molecule has 16 heavy (non-hydrogen) atoms. The highest BCUT2D eigenvalue weighted by atomic mass is 32.2. The van der Waals surface area contributed by atoms with Crippen LogP contribution < -0.4 is 0 Å². The molecule has 0 saturated carbocycles. The van der Waals surface area contributed by atoms with E-state index in [1.54, 1.807) is 6.92 Å². The van der Waals surface area contributed by atoms with Gasteiger partial charge in [-0.15, -0.1) is 0 Å². The van der Waals surface area contributed by atoms with Gasteiger partial charge in [0.25, 0.3) is 0 Å². The highest BCUT2D eigenvalue weighted by Gasteiger charge is 2.48. The molecule has 0 aliphatic carbocycles. The average Bonchev–Trinajstić information content (AvgIpc) is 2.11. The first-order valence-corrected chi connectivity index (χ1v) is 5.87. The molecular formula is C8H13F3O4S. The molecule has 8 heteroatoms. The molecule has 0 aromatic heterocycles. The standard InChI is InChI=1S/C8H13F3O4S/c1-3-7(12)5-4-6(2)15-16(13,14)8(9,10)11/h7,12H,2-5H2,1H3. The van der Waals surface area contributed by atoms with Crippen LogP contribution in [0.1, 0.15) is 26.2 Å². The Morgan fingerprint density at radius 1 is 1.50 bits per heavy atom. The van der Waals surface area contributed by atoms with Gasteiger partial charge in [-0.05, 0) is 12.8 Å². The van der Waals surface area contributed by atoms with Gasteiger partial charge in [0.2, 0.25) is 0 Å². The molecule has 4 nitrogen and oxygen atoms in total. The van der Waals surface area contributed by atoms with Crippen LogP contribution in [0.15, 0.2) is 12.3 Å². The minimum atomic E-state index is -5.63. The van der Waals surface area contributed by atoms with Crippen molar-refractivity contribution in [2.45, 2.75) is 37.8 Å². The molecule has 1 N–H and O–H groups in total. The number of hydrogen-bond acceptors (Lipinski definition) is 4. The van der Waals surface area contributed by atoms with E-state index in [-0.39, 0.29) is 12.8 Å². The van der Waals surface area contributed by atoms with E-state index in [0.717, 1.165) is 0 Å². The van der Waals surface area contributed by atoms with Crippen molar-refractivity contribution in [1.82, 2.24) is 0 Å². The van der Waals surface area contributed by atoms with Crippen molar-refractivity contribution in [1.29, 1.82) is 0 Å². The Kier molecular flexibility index (Phi) is 5.27. The van der Waals surface area contributed by atoms with Crippen LogP contribution in [0.25, 0.3) is 0 Å². The number of hydrogen-bond donors (Lipinski definition) is 1. The molecule has 0 amide bonds. The lowest BCUT2D eigenvalue weighted by atomic mass is 10.1. The molecule has 0 aromatic carbocycles. The van der Waals surface area contributed by atoms with E-state index in [1.165, 1.54) is 0 Å². The monoisotopic (exact) mass is 262 g/mol. The van der Waals surface area contributed by atoms with Crippen molar-refractivity contribution in [3.05, 3.63) is 12.3 Å². The molecule has 0 heterocycles. The van der Waals surface area contributed by atoms with E-state index in [9.17, 15) is 21.6 Å². The molecule has 0 saturated heterocycles. The van der Waals surface area contributed by atoms with Crippen LogP contribution in [0.2, 0.25) is 0 Å². The molecule has 96 valence electrons. The summed E-state index contributed by atoms with van der Waals surface area (Å²) in [7, 11) is -5.63. The molecule has 0 bridgehead atoms. The maximum atomic E-state index is 11.9. The van der Waals surface area contributed by atoms with Gasteiger partial charge < -0.3 is 9.29 Å². The van der Waals surface area contributed by atoms with Crippen LogP contribution in [0, 0.1) is 0 Å². The van der Waals surface area contributed by atoms with Crippen LogP contribution in [0.4, 0.5) is 13.2 Å². The molecule has 0 aliphatic heterocycles. The normalized spacial score (nSPS) is 14.6. The summed E-state index contributed by atoms with van der Waals surface area (Å²) in [5.74, 6) is -0.537. The van der Waals surface area contributed by atoms with E-state index in [0.29, 0.717) is 6.42 Å². The van der Waals surface area contributed by atoms with Crippen LogP contribution in [0.5, 0.6) is 0 Å². The highest BCUT2D eigenvalue weighted by Crippen LogP contribution is 2.27. The zero-order valence-electron chi connectivity index (χ0n) is 8.62. The molecule has 0 aromatic rings. The van der Waals surface area contributed by atoms with Crippen molar-refractivity contribution >= 4 is 10.1 Å². The highest BCUT2D eigenvalue weighted by molar-refractivity contribution is 7.87. The summed E-state index contributed by atoms with van der Waals surface area (Å²) in [4.78, 5) is 0. The maximum absolute atomic E-state index is 11.9. The van der Waals surface area contributed by atoms with Crippen molar-refractivity contribution < 1.29 is 30.9 Å². The number of alkyl halides is 3. The Morgan fingerprint density at radius 2 is 2.00 bits per heavy atom. The largest absolute Gasteiger partial charge is 0.534 e. The predicted molar refractivity (Wildman–Crippen MR) is 50.7 cm³/mol. The van der Waals surface area contributed by atoms with Crippen molar-refractivity contribution in [2.24, 2.45) is 0 Å². The minimum absolute atomic E-state index is 0.0999. The molecule has 0 radical (unpaired) electrons. The summed E-state index contributed by atoms with van der Waals surface area (Å²) in [5.41, 5.74) is -5.46. The van der Waals surface area contributed by atoms with Gasteiger partial charge in [0, 0.05) is 6.42 Å². The Labute approximate surface area is 91.8 Å². The number of aliphatic hydroxyl groups excluding tert-OH is 1. The zero-order chi connectivity index (χ0) is 13.0. The molecule has 1 unspecified atom stereocenters. The van der Waals surface area contributed by atoms with Gasteiger partial charge in [0.15, 0.2) is 0 Å². The average molecular weight is 262 g/mol. The van der Waals surface area contributed by atoms with Crippen LogP contribution in [-0.4, -0.2) is 25.1 Å². The lowest BCUT2D eigenvalue weighted by Gasteiger charge is -2.12. The van der Waals surface area contributed by atoms with Crippen LogP contribution in [-0.2, 0) is 14.3 Å². The van der Waals surface area contributed by atoms with Gasteiger partial charge >= 0.3 is 15.6 Å². The van der Waals surface area contributed by atoms with Gasteiger partial charge in [0.1, 0.15) is 5.76 Å². The van der Waals surface area contributed by atoms with Crippen molar-refractivity contribution in [3.8, 4) is 0 Å². The summed E-state index contributed by atoms with van der Waals surface area (Å²) in [6.07, 6.45) is -0.347. The van der Waals surface area contributed by atoms with E-state index < -0.39 is 27.5 Å². The molecule has 1 atom stereocenters. The summed E-state index contributed by atoms with van der Waals surface area (Å²) in [5, 5.41) is 9.10. The Bertz CT molecular complexity index is 334. The fourth-order valence-electron chi connectivity index (χ4n) is 0.776. The topological polar surface area (TPSA) is 63.6 Å². The predicted octanol–water partition coefficient (Wildman–Crippen LogP) is 1.92. The van der Waals surface area contributed by atoms with Crippen LogP contribution >= 0.6 is 0 Å². The summed E-state index contributed by atoms with van der Waals surface area (Å²) in [6.45, 7) is 4.73. The molecular weight excluding hydrogens is 249 g/mol. The first kappa shape index (κ1) is 15.2. The first-order valence-electron chi connectivity index (χ1n) is 4.46. The van der Waals surface area contributed by atoms with Crippen molar-refractivity contribution in [3.63, 3.8) is 0 Å². The van der Waals surface area contributed by atoms with Gasteiger partial charge in [-0.1, -0.05) is 13.5 Å². The summed E-state index contributed by atoms with van der Waals surface area (Å²) >= 11 is 0. The SMILES string of the molecule is C=C(CCC(O)CC)OS(=O)(=O)C(F)(F)F. The van der Waals surface area contributed by atoms with E-state index >= 15 is 0 Å². The van der Waals surface area contributed by atoms with Gasteiger partial charge in [-0.3, -0.25) is 0 Å². The third-order valence-corrected chi connectivity index (χ3v) is 2.76. The van der Waals surface area contributed by atoms with E-state index in [4.69, 9.17) is 5.11 Å². The molecule has 0 fully saturated rings. The third-order valence-electron chi connectivity index (χ3n) is 1.74. The summed E-state index contributed by atoms with van der Waals surface area (Å²) < 4.78 is 60.3.